The smallest absolute Gasteiger partial charge is 0.248 e. The van der Waals surface area contributed by atoms with Crippen LogP contribution in [0.1, 0.15) is 29.3 Å². The van der Waals surface area contributed by atoms with E-state index in [1.54, 1.807) is 31.4 Å². The van der Waals surface area contributed by atoms with Crippen molar-refractivity contribution < 1.29 is 26.4 Å². The van der Waals surface area contributed by atoms with Crippen LogP contribution in [0.15, 0.2) is 48.5 Å². The Morgan fingerprint density at radius 2 is 1.73 bits per heavy atom. The summed E-state index contributed by atoms with van der Waals surface area (Å²) in [6.45, 7) is 4.39. The predicted molar refractivity (Wildman–Crippen MR) is 103 cm³/mol. The number of hydrogen-bond donors (Lipinski definition) is 2. The standard InChI is InChI=1S/C13H23N2O.C7H7NO.ClH/c1-5-8-15(2,3)10-11-6-7-13(16-4)12(14)9-11;8-7(9)6-4-2-1-3-5-6;/h6-7,9H,5,8,10,14H2,1-4H3;1-5H,(H2,8,9);1H/q+1;;/p-1. The monoisotopic (exact) mass is 379 g/mol. The summed E-state index contributed by atoms with van der Waals surface area (Å²) in [6, 6.07) is 14.8. The van der Waals surface area contributed by atoms with E-state index in [4.69, 9.17) is 16.2 Å². The van der Waals surface area contributed by atoms with Crippen molar-refractivity contribution in [3.63, 3.8) is 0 Å². The Morgan fingerprint density at radius 3 is 2.15 bits per heavy atom. The fraction of sp³-hybridized carbons (Fsp3) is 0.350. The Labute approximate surface area is 162 Å². The molecule has 0 atom stereocenters. The summed E-state index contributed by atoms with van der Waals surface area (Å²) in [6.07, 6.45) is 1.19. The van der Waals surface area contributed by atoms with E-state index in [1.807, 2.05) is 18.2 Å². The summed E-state index contributed by atoms with van der Waals surface area (Å²) in [5, 5.41) is 0. The molecule has 0 aliphatic heterocycles. The second-order valence-electron chi connectivity index (χ2n) is 6.62. The van der Waals surface area contributed by atoms with Crippen LogP contribution in [-0.2, 0) is 6.54 Å². The lowest BCUT2D eigenvalue weighted by atomic mass is 10.1. The van der Waals surface area contributed by atoms with Gasteiger partial charge in [0.2, 0.25) is 5.91 Å². The van der Waals surface area contributed by atoms with Crippen LogP contribution in [0, 0.1) is 0 Å². The summed E-state index contributed by atoms with van der Waals surface area (Å²) in [7, 11) is 6.12. The van der Waals surface area contributed by atoms with Crippen molar-refractivity contribution in [1.82, 2.24) is 0 Å². The Morgan fingerprint density at radius 1 is 1.12 bits per heavy atom. The maximum atomic E-state index is 10.4. The summed E-state index contributed by atoms with van der Waals surface area (Å²) in [4.78, 5) is 10.4. The number of rotatable bonds is 6. The van der Waals surface area contributed by atoms with Gasteiger partial charge in [-0.15, -0.1) is 0 Å². The number of nitrogens with two attached hydrogens (primary N) is 2. The topological polar surface area (TPSA) is 78.3 Å². The number of carbonyl (C=O) groups is 1. The average Bonchev–Trinajstić information content (AvgIpc) is 2.56. The van der Waals surface area contributed by atoms with Gasteiger partial charge in [0.1, 0.15) is 12.3 Å². The molecule has 0 aromatic heterocycles. The molecule has 0 spiro atoms. The zero-order valence-electron chi connectivity index (χ0n) is 16.0. The minimum atomic E-state index is -0.379. The number of hydrogen-bond acceptors (Lipinski definition) is 3. The maximum absolute atomic E-state index is 10.4. The molecule has 0 unspecified atom stereocenters. The third-order valence-corrected chi connectivity index (χ3v) is 3.79. The minimum absolute atomic E-state index is 0. The lowest BCUT2D eigenvalue weighted by molar-refractivity contribution is -0.903. The molecule has 1 amide bonds. The van der Waals surface area contributed by atoms with Crippen LogP contribution in [0.25, 0.3) is 0 Å². The third-order valence-electron chi connectivity index (χ3n) is 3.79. The molecule has 26 heavy (non-hydrogen) atoms. The van der Waals surface area contributed by atoms with Crippen molar-refractivity contribution in [3.05, 3.63) is 59.7 Å². The van der Waals surface area contributed by atoms with Crippen molar-refractivity contribution in [3.8, 4) is 5.75 Å². The largest absolute Gasteiger partial charge is 1.00 e. The number of nitrogen functional groups attached to an aromatic ring is 1. The molecule has 0 aliphatic carbocycles. The van der Waals surface area contributed by atoms with Crippen molar-refractivity contribution in [2.24, 2.45) is 5.73 Å². The van der Waals surface area contributed by atoms with Crippen LogP contribution in [0.5, 0.6) is 5.75 Å². The molecule has 2 rings (SSSR count). The van der Waals surface area contributed by atoms with Gasteiger partial charge in [-0.05, 0) is 36.8 Å². The number of benzene rings is 2. The first kappa shape index (κ1) is 23.8. The van der Waals surface area contributed by atoms with E-state index in [1.165, 1.54) is 18.5 Å². The molecule has 6 heteroatoms. The molecular formula is C20H30ClN3O2. The first-order valence-corrected chi connectivity index (χ1v) is 8.38. The molecule has 0 bridgehead atoms. The van der Waals surface area contributed by atoms with E-state index in [0.717, 1.165) is 22.5 Å². The highest BCUT2D eigenvalue weighted by molar-refractivity contribution is 5.92. The average molecular weight is 380 g/mol. The normalized spacial score (nSPS) is 10.2. The second kappa shape index (κ2) is 11.4. The van der Waals surface area contributed by atoms with E-state index in [2.05, 4.69) is 27.1 Å². The van der Waals surface area contributed by atoms with Gasteiger partial charge in [-0.1, -0.05) is 25.1 Å². The van der Waals surface area contributed by atoms with Crippen LogP contribution >= 0.6 is 0 Å². The molecule has 0 aliphatic rings. The molecule has 144 valence electrons. The van der Waals surface area contributed by atoms with E-state index < -0.39 is 0 Å². The van der Waals surface area contributed by atoms with E-state index in [-0.39, 0.29) is 18.3 Å². The van der Waals surface area contributed by atoms with Crippen molar-refractivity contribution in [2.45, 2.75) is 19.9 Å². The predicted octanol–water partition coefficient (Wildman–Crippen LogP) is 0.0533. The van der Waals surface area contributed by atoms with Gasteiger partial charge in [-0.2, -0.15) is 0 Å². The zero-order chi connectivity index (χ0) is 18.9. The summed E-state index contributed by atoms with van der Waals surface area (Å²) in [5.41, 5.74) is 13.4. The molecule has 0 fully saturated rings. The van der Waals surface area contributed by atoms with Crippen LogP contribution < -0.4 is 28.6 Å². The number of nitrogens with zero attached hydrogens (tertiary/aromatic N) is 1. The fourth-order valence-corrected chi connectivity index (χ4v) is 2.66. The summed E-state index contributed by atoms with van der Waals surface area (Å²) in [5.74, 6) is 0.375. The number of halogens is 1. The van der Waals surface area contributed by atoms with Gasteiger partial charge in [-0.3, -0.25) is 4.79 Å². The first-order valence-electron chi connectivity index (χ1n) is 8.38. The van der Waals surface area contributed by atoms with Gasteiger partial charge in [0.15, 0.2) is 0 Å². The lowest BCUT2D eigenvalue weighted by Crippen LogP contribution is -3.00. The molecule has 0 saturated heterocycles. The Balaban J connectivity index is 0.000000532. The van der Waals surface area contributed by atoms with Crippen LogP contribution in [0.2, 0.25) is 0 Å². The number of anilines is 1. The minimum Gasteiger partial charge on any atom is -1.00 e. The van der Waals surface area contributed by atoms with Gasteiger partial charge in [0, 0.05) is 11.1 Å². The van der Waals surface area contributed by atoms with Gasteiger partial charge >= 0.3 is 0 Å². The van der Waals surface area contributed by atoms with Gasteiger partial charge in [-0.25, -0.2) is 0 Å². The highest BCUT2D eigenvalue weighted by atomic mass is 35.5. The number of primary amides is 1. The molecule has 0 heterocycles. The first-order chi connectivity index (χ1) is 11.8. The SMILES string of the molecule is CCC[N+](C)(C)Cc1ccc(OC)c(N)c1.NC(=O)c1ccccc1.[Cl-]. The van der Waals surface area contributed by atoms with Crippen molar-refractivity contribution in [2.75, 3.05) is 33.5 Å². The quantitative estimate of drug-likeness (QED) is 0.550. The van der Waals surface area contributed by atoms with E-state index in [0.29, 0.717) is 5.56 Å². The third kappa shape index (κ3) is 8.23. The number of ether oxygens (including phenoxy) is 1. The lowest BCUT2D eigenvalue weighted by Gasteiger charge is -2.29. The van der Waals surface area contributed by atoms with Crippen LogP contribution in [0.3, 0.4) is 0 Å². The van der Waals surface area contributed by atoms with Gasteiger partial charge < -0.3 is 33.1 Å². The Hall–Kier alpha value is -2.24. The summed E-state index contributed by atoms with van der Waals surface area (Å²) >= 11 is 0. The molecular weight excluding hydrogens is 350 g/mol. The van der Waals surface area contributed by atoms with E-state index >= 15 is 0 Å². The number of carbonyl (C=O) groups excluding carboxylic acids is 1. The van der Waals surface area contributed by atoms with Gasteiger partial charge in [0.25, 0.3) is 0 Å². The number of methoxy groups -OCH3 is 1. The van der Waals surface area contributed by atoms with Crippen LogP contribution in [0.4, 0.5) is 5.69 Å². The summed E-state index contributed by atoms with van der Waals surface area (Å²) < 4.78 is 6.14. The highest BCUT2D eigenvalue weighted by Gasteiger charge is 2.15. The molecule has 5 nitrogen and oxygen atoms in total. The Bertz CT molecular complexity index is 676. The molecule has 2 aromatic rings. The van der Waals surface area contributed by atoms with Gasteiger partial charge in [0.05, 0.1) is 33.4 Å². The second-order valence-corrected chi connectivity index (χ2v) is 6.62. The zero-order valence-corrected chi connectivity index (χ0v) is 16.8. The molecule has 0 radical (unpaired) electrons. The van der Waals surface area contributed by atoms with Crippen LogP contribution in [-0.4, -0.2) is 38.1 Å². The highest BCUT2D eigenvalue weighted by Crippen LogP contribution is 2.23. The van der Waals surface area contributed by atoms with E-state index in [9.17, 15) is 4.79 Å². The Kier molecular flexibility index (Phi) is 10.4. The maximum Gasteiger partial charge on any atom is 0.248 e. The molecule has 0 saturated carbocycles. The number of quaternary nitrogens is 1. The fourth-order valence-electron chi connectivity index (χ4n) is 2.66. The van der Waals surface area contributed by atoms with Crippen molar-refractivity contribution >= 4 is 11.6 Å². The number of amides is 1. The van der Waals surface area contributed by atoms with Crippen molar-refractivity contribution in [1.29, 1.82) is 0 Å². The molecule has 2 aromatic carbocycles. The molecule has 4 N–H and O–H groups in total.